The van der Waals surface area contributed by atoms with Gasteiger partial charge in [-0.1, -0.05) is 29.3 Å². The van der Waals surface area contributed by atoms with Gasteiger partial charge in [-0.05, 0) is 18.6 Å². The summed E-state index contributed by atoms with van der Waals surface area (Å²) in [5.74, 6) is 0.398. The third-order valence-corrected chi connectivity index (χ3v) is 3.04. The first kappa shape index (κ1) is 11.4. The van der Waals surface area contributed by atoms with Gasteiger partial charge < -0.3 is 5.11 Å². The minimum absolute atomic E-state index is 0.222. The highest BCUT2D eigenvalue weighted by atomic mass is 35.5. The Morgan fingerprint density at radius 3 is 2.81 bits per heavy atom. The maximum atomic E-state index is 9.11. The lowest BCUT2D eigenvalue weighted by Gasteiger charge is -2.11. The number of aliphatic hydroxyl groups is 1. The van der Waals surface area contributed by atoms with Gasteiger partial charge in [0.1, 0.15) is 12.9 Å². The third kappa shape index (κ3) is 1.80. The SMILES string of the molecule is Cc1ccc(Cl)c(-n2cnnc2CO)c1Cl. The van der Waals surface area contributed by atoms with Crippen molar-refractivity contribution in [3.8, 4) is 5.69 Å². The number of hydrogen-bond donors (Lipinski definition) is 1. The number of aryl methyl sites for hydroxylation is 1. The van der Waals surface area contributed by atoms with Gasteiger partial charge in [-0.25, -0.2) is 0 Å². The highest BCUT2D eigenvalue weighted by molar-refractivity contribution is 6.38. The van der Waals surface area contributed by atoms with Crippen LogP contribution in [0.2, 0.25) is 10.0 Å². The van der Waals surface area contributed by atoms with E-state index in [0.29, 0.717) is 21.6 Å². The number of halogens is 2. The first-order valence-corrected chi connectivity index (χ1v) is 5.35. The van der Waals surface area contributed by atoms with Crippen molar-refractivity contribution in [1.82, 2.24) is 14.8 Å². The van der Waals surface area contributed by atoms with E-state index >= 15 is 0 Å². The van der Waals surface area contributed by atoms with E-state index in [0.717, 1.165) is 5.56 Å². The zero-order valence-corrected chi connectivity index (χ0v) is 10.00. The van der Waals surface area contributed by atoms with E-state index in [1.54, 1.807) is 10.6 Å². The molecule has 0 radical (unpaired) electrons. The second kappa shape index (κ2) is 4.41. The summed E-state index contributed by atoms with van der Waals surface area (Å²) >= 11 is 12.3. The number of benzene rings is 1. The van der Waals surface area contributed by atoms with E-state index in [4.69, 9.17) is 28.3 Å². The minimum Gasteiger partial charge on any atom is -0.388 e. The zero-order valence-electron chi connectivity index (χ0n) is 8.48. The summed E-state index contributed by atoms with van der Waals surface area (Å²) in [4.78, 5) is 0. The second-order valence-corrected chi connectivity index (χ2v) is 4.09. The molecule has 0 saturated heterocycles. The average molecular weight is 258 g/mol. The van der Waals surface area contributed by atoms with Crippen LogP contribution < -0.4 is 0 Å². The van der Waals surface area contributed by atoms with Crippen LogP contribution in [0.15, 0.2) is 18.5 Å². The number of aliphatic hydroxyl groups excluding tert-OH is 1. The maximum Gasteiger partial charge on any atom is 0.163 e. The zero-order chi connectivity index (χ0) is 11.7. The molecule has 1 N–H and O–H groups in total. The fraction of sp³-hybridized carbons (Fsp3) is 0.200. The lowest BCUT2D eigenvalue weighted by Crippen LogP contribution is -2.02. The van der Waals surface area contributed by atoms with Crippen LogP contribution in [0.4, 0.5) is 0 Å². The number of rotatable bonds is 2. The van der Waals surface area contributed by atoms with Crippen molar-refractivity contribution in [2.45, 2.75) is 13.5 Å². The Morgan fingerprint density at radius 2 is 2.12 bits per heavy atom. The second-order valence-electron chi connectivity index (χ2n) is 3.30. The molecule has 1 heterocycles. The molecule has 0 aliphatic heterocycles. The molecule has 0 aliphatic carbocycles. The molecule has 0 saturated carbocycles. The van der Waals surface area contributed by atoms with E-state index in [9.17, 15) is 0 Å². The topological polar surface area (TPSA) is 50.9 Å². The fourth-order valence-corrected chi connectivity index (χ4v) is 1.97. The molecular formula is C10H9Cl2N3O. The van der Waals surface area contributed by atoms with Crippen LogP contribution in [0.5, 0.6) is 0 Å². The van der Waals surface area contributed by atoms with Crippen LogP contribution >= 0.6 is 23.2 Å². The molecule has 0 bridgehead atoms. The van der Waals surface area contributed by atoms with Crippen molar-refractivity contribution < 1.29 is 5.11 Å². The van der Waals surface area contributed by atoms with E-state index in [2.05, 4.69) is 10.2 Å². The molecule has 4 nitrogen and oxygen atoms in total. The summed E-state index contributed by atoms with van der Waals surface area (Å²) < 4.78 is 1.58. The van der Waals surface area contributed by atoms with Gasteiger partial charge in [0.15, 0.2) is 5.82 Å². The Labute approximate surface area is 102 Å². The van der Waals surface area contributed by atoms with E-state index < -0.39 is 0 Å². The average Bonchev–Trinajstić information content (AvgIpc) is 2.72. The molecule has 0 fully saturated rings. The largest absolute Gasteiger partial charge is 0.388 e. The quantitative estimate of drug-likeness (QED) is 0.899. The molecule has 0 atom stereocenters. The Morgan fingerprint density at radius 1 is 1.38 bits per heavy atom. The van der Waals surface area contributed by atoms with Crippen molar-refractivity contribution in [2.75, 3.05) is 0 Å². The first-order valence-electron chi connectivity index (χ1n) is 4.60. The van der Waals surface area contributed by atoms with Gasteiger partial charge in [0, 0.05) is 0 Å². The fourth-order valence-electron chi connectivity index (χ4n) is 1.42. The van der Waals surface area contributed by atoms with Gasteiger partial charge in [0.25, 0.3) is 0 Å². The third-order valence-electron chi connectivity index (χ3n) is 2.26. The van der Waals surface area contributed by atoms with Crippen LogP contribution in [0.3, 0.4) is 0 Å². The predicted molar refractivity (Wildman–Crippen MR) is 62.0 cm³/mol. The van der Waals surface area contributed by atoms with Crippen LogP contribution in [-0.4, -0.2) is 19.9 Å². The normalized spacial score (nSPS) is 10.8. The summed E-state index contributed by atoms with van der Waals surface area (Å²) in [6, 6.07) is 3.58. The minimum atomic E-state index is -0.222. The summed E-state index contributed by atoms with van der Waals surface area (Å²) in [7, 11) is 0. The highest BCUT2D eigenvalue weighted by Gasteiger charge is 2.14. The Kier molecular flexibility index (Phi) is 3.14. The Bertz CT molecular complexity index is 525. The van der Waals surface area contributed by atoms with Crippen molar-refractivity contribution in [1.29, 1.82) is 0 Å². The molecule has 6 heteroatoms. The van der Waals surface area contributed by atoms with Gasteiger partial charge in [0.2, 0.25) is 0 Å². The van der Waals surface area contributed by atoms with Crippen LogP contribution in [0, 0.1) is 6.92 Å². The van der Waals surface area contributed by atoms with Gasteiger partial charge in [-0.2, -0.15) is 0 Å². The molecule has 1 aromatic carbocycles. The summed E-state index contributed by atoms with van der Waals surface area (Å²) in [5.41, 5.74) is 1.50. The lowest BCUT2D eigenvalue weighted by molar-refractivity contribution is 0.269. The summed E-state index contributed by atoms with van der Waals surface area (Å²) in [6.45, 7) is 1.66. The molecular weight excluding hydrogens is 249 g/mol. The van der Waals surface area contributed by atoms with Gasteiger partial charge in [-0.15, -0.1) is 10.2 Å². The van der Waals surface area contributed by atoms with E-state index in [1.165, 1.54) is 6.33 Å². The summed E-state index contributed by atoms with van der Waals surface area (Å²) in [6.07, 6.45) is 1.47. The number of aromatic nitrogens is 3. The Hall–Kier alpha value is -1.10. The molecule has 0 aliphatic rings. The summed E-state index contributed by atoms with van der Waals surface area (Å²) in [5, 5.41) is 17.6. The molecule has 2 rings (SSSR count). The van der Waals surface area contributed by atoms with E-state index in [-0.39, 0.29) is 6.61 Å². The highest BCUT2D eigenvalue weighted by Crippen LogP contribution is 2.31. The molecule has 1 aromatic heterocycles. The maximum absolute atomic E-state index is 9.11. The van der Waals surface area contributed by atoms with Crippen LogP contribution in [0.1, 0.15) is 11.4 Å². The van der Waals surface area contributed by atoms with Gasteiger partial charge in [0.05, 0.1) is 15.7 Å². The lowest BCUT2D eigenvalue weighted by atomic mass is 10.2. The molecule has 0 unspecified atom stereocenters. The van der Waals surface area contributed by atoms with Crippen molar-refractivity contribution >= 4 is 23.2 Å². The van der Waals surface area contributed by atoms with Crippen molar-refractivity contribution in [3.63, 3.8) is 0 Å². The molecule has 2 aromatic rings. The van der Waals surface area contributed by atoms with Crippen LogP contribution in [0.25, 0.3) is 5.69 Å². The van der Waals surface area contributed by atoms with Gasteiger partial charge in [-0.3, -0.25) is 4.57 Å². The van der Waals surface area contributed by atoms with Crippen molar-refractivity contribution in [3.05, 3.63) is 39.9 Å². The predicted octanol–water partition coefficient (Wildman–Crippen LogP) is 2.37. The molecule has 0 amide bonds. The molecule has 0 spiro atoms. The first-order chi connectivity index (χ1) is 7.65. The number of hydrogen-bond acceptors (Lipinski definition) is 3. The smallest absolute Gasteiger partial charge is 0.163 e. The monoisotopic (exact) mass is 257 g/mol. The number of nitrogens with zero attached hydrogens (tertiary/aromatic N) is 3. The van der Waals surface area contributed by atoms with Gasteiger partial charge >= 0.3 is 0 Å². The molecule has 84 valence electrons. The standard InChI is InChI=1S/C10H9Cl2N3O/c1-6-2-3-7(11)10(9(6)12)15-5-13-14-8(15)4-16/h2-3,5,16H,4H2,1H3. The Balaban J connectivity index is 2.68. The van der Waals surface area contributed by atoms with E-state index in [1.807, 2.05) is 13.0 Å². The molecule has 16 heavy (non-hydrogen) atoms. The van der Waals surface area contributed by atoms with Crippen molar-refractivity contribution in [2.24, 2.45) is 0 Å². The van der Waals surface area contributed by atoms with Crippen LogP contribution in [-0.2, 0) is 6.61 Å².